The normalized spacial score (nSPS) is 17.0. The number of rotatable bonds is 5. The van der Waals surface area contributed by atoms with Crippen LogP contribution in [0, 0.1) is 5.82 Å². The van der Waals surface area contributed by atoms with E-state index in [0.717, 1.165) is 17.3 Å². The van der Waals surface area contributed by atoms with Gasteiger partial charge >= 0.3 is 0 Å². The van der Waals surface area contributed by atoms with Gasteiger partial charge in [-0.25, -0.2) is 4.39 Å². The average Bonchev–Trinajstić information content (AvgIpc) is 2.87. The number of hydrogen-bond donors (Lipinski definition) is 2. The van der Waals surface area contributed by atoms with Crippen molar-refractivity contribution in [2.45, 2.75) is 19.0 Å². The van der Waals surface area contributed by atoms with Crippen LogP contribution < -0.4 is 10.9 Å². The second-order valence-electron chi connectivity index (χ2n) is 5.51. The van der Waals surface area contributed by atoms with Gasteiger partial charge in [-0.05, 0) is 30.7 Å². The smallest absolute Gasteiger partial charge is 0.256 e. The number of carbonyl (C=O) groups is 1. The zero-order valence-corrected chi connectivity index (χ0v) is 14.2. The summed E-state index contributed by atoms with van der Waals surface area (Å²) in [4.78, 5) is 25.0. The monoisotopic (exact) mass is 361 g/mol. The standard InChI is InChI=1S/C17H16FN3O3S/c1-11-16(19-10-22)25-17(20-7-6-14(23)8-15(20)24)21(11)9-12-2-4-13(18)5-3-12/h2-8,10,17,23H,9H2,1H3,(H,19,22). The molecule has 1 unspecified atom stereocenters. The molecule has 0 saturated heterocycles. The number of hydrogen-bond acceptors (Lipinski definition) is 5. The van der Waals surface area contributed by atoms with Crippen molar-refractivity contribution >= 4 is 18.2 Å². The van der Waals surface area contributed by atoms with E-state index in [2.05, 4.69) is 5.32 Å². The number of halogens is 1. The Morgan fingerprint density at radius 3 is 2.68 bits per heavy atom. The third-order valence-corrected chi connectivity index (χ3v) is 5.22. The highest BCUT2D eigenvalue weighted by atomic mass is 32.2. The second-order valence-corrected chi connectivity index (χ2v) is 6.57. The topological polar surface area (TPSA) is 74.6 Å². The van der Waals surface area contributed by atoms with Crippen molar-refractivity contribution in [2.75, 3.05) is 0 Å². The minimum atomic E-state index is -0.430. The molecule has 0 aliphatic carbocycles. The molecule has 2 aromatic rings. The van der Waals surface area contributed by atoms with Crippen LogP contribution in [0.1, 0.15) is 18.0 Å². The van der Waals surface area contributed by atoms with Gasteiger partial charge in [-0.15, -0.1) is 0 Å². The average molecular weight is 361 g/mol. The molecule has 0 fully saturated rings. The fourth-order valence-corrected chi connectivity index (χ4v) is 3.86. The summed E-state index contributed by atoms with van der Waals surface area (Å²) in [6.07, 6.45) is 2.09. The molecule has 8 heteroatoms. The number of aromatic hydroxyl groups is 1. The predicted octanol–water partition coefficient (Wildman–Crippen LogP) is 2.33. The van der Waals surface area contributed by atoms with Crippen LogP contribution in [0.15, 0.2) is 58.1 Å². The number of pyridine rings is 1. The Kier molecular flexibility index (Phi) is 4.80. The molecular weight excluding hydrogens is 345 g/mol. The summed E-state index contributed by atoms with van der Waals surface area (Å²) < 4.78 is 14.6. The maximum absolute atomic E-state index is 13.1. The highest BCUT2D eigenvalue weighted by Crippen LogP contribution is 2.43. The van der Waals surface area contributed by atoms with Crippen molar-refractivity contribution in [3.8, 4) is 5.75 Å². The number of aromatic nitrogens is 1. The van der Waals surface area contributed by atoms with E-state index < -0.39 is 5.50 Å². The number of allylic oxidation sites excluding steroid dienone is 1. The van der Waals surface area contributed by atoms with E-state index in [1.54, 1.807) is 12.1 Å². The fraction of sp³-hybridized carbons (Fsp3) is 0.176. The molecule has 6 nitrogen and oxygen atoms in total. The lowest BCUT2D eigenvalue weighted by Gasteiger charge is -2.28. The van der Waals surface area contributed by atoms with Gasteiger partial charge in [0, 0.05) is 24.5 Å². The minimum Gasteiger partial charge on any atom is -0.508 e. The summed E-state index contributed by atoms with van der Waals surface area (Å²) in [5.74, 6) is -0.424. The summed E-state index contributed by atoms with van der Waals surface area (Å²) >= 11 is 1.32. The summed E-state index contributed by atoms with van der Waals surface area (Å²) in [5, 5.41) is 12.7. The van der Waals surface area contributed by atoms with Crippen LogP contribution in [-0.4, -0.2) is 21.0 Å². The maximum atomic E-state index is 13.1. The van der Waals surface area contributed by atoms with Crippen molar-refractivity contribution in [3.05, 3.63) is 75.1 Å². The highest BCUT2D eigenvalue weighted by Gasteiger charge is 2.32. The molecule has 1 aromatic carbocycles. The van der Waals surface area contributed by atoms with Gasteiger partial charge in [0.2, 0.25) is 6.41 Å². The van der Waals surface area contributed by atoms with Crippen LogP contribution in [0.5, 0.6) is 5.75 Å². The third-order valence-electron chi connectivity index (χ3n) is 3.88. The maximum Gasteiger partial charge on any atom is 0.256 e. The Morgan fingerprint density at radius 2 is 2.04 bits per heavy atom. The Balaban J connectivity index is 1.97. The molecule has 1 atom stereocenters. The van der Waals surface area contributed by atoms with Crippen LogP contribution in [0.3, 0.4) is 0 Å². The van der Waals surface area contributed by atoms with Gasteiger partial charge in [0.05, 0.1) is 5.03 Å². The number of benzene rings is 1. The lowest BCUT2D eigenvalue weighted by atomic mass is 10.2. The summed E-state index contributed by atoms with van der Waals surface area (Å²) in [7, 11) is 0. The fourth-order valence-electron chi connectivity index (χ4n) is 2.59. The summed E-state index contributed by atoms with van der Waals surface area (Å²) in [5.41, 5.74) is 0.874. The van der Waals surface area contributed by atoms with Gasteiger partial charge in [0.1, 0.15) is 11.6 Å². The first-order valence-electron chi connectivity index (χ1n) is 7.49. The largest absolute Gasteiger partial charge is 0.508 e. The Labute approximate surface area is 147 Å². The van der Waals surface area contributed by atoms with E-state index in [0.29, 0.717) is 18.0 Å². The first kappa shape index (κ1) is 17.1. The molecule has 2 heterocycles. The Hall–Kier alpha value is -2.74. The third kappa shape index (κ3) is 3.53. The van der Waals surface area contributed by atoms with Crippen LogP contribution >= 0.6 is 11.8 Å². The molecule has 0 radical (unpaired) electrons. The summed E-state index contributed by atoms with van der Waals surface area (Å²) in [6.45, 7) is 2.27. The highest BCUT2D eigenvalue weighted by molar-refractivity contribution is 8.03. The van der Waals surface area contributed by atoms with Crippen LogP contribution in [0.4, 0.5) is 4.39 Å². The van der Waals surface area contributed by atoms with Gasteiger partial charge in [0.15, 0.2) is 5.50 Å². The predicted molar refractivity (Wildman–Crippen MR) is 92.8 cm³/mol. The number of thioether (sulfide) groups is 1. The quantitative estimate of drug-likeness (QED) is 0.800. The Bertz CT molecular complexity index is 879. The first-order chi connectivity index (χ1) is 12.0. The van der Waals surface area contributed by atoms with E-state index in [4.69, 9.17) is 0 Å². The molecule has 0 saturated carbocycles. The van der Waals surface area contributed by atoms with E-state index in [9.17, 15) is 19.1 Å². The van der Waals surface area contributed by atoms with Crippen molar-refractivity contribution in [2.24, 2.45) is 0 Å². The van der Waals surface area contributed by atoms with Crippen molar-refractivity contribution in [1.29, 1.82) is 0 Å². The molecule has 0 bridgehead atoms. The number of nitrogens with one attached hydrogen (secondary N) is 1. The second kappa shape index (κ2) is 7.02. The molecular formula is C17H16FN3O3S. The molecule has 0 spiro atoms. The lowest BCUT2D eigenvalue weighted by Crippen LogP contribution is -2.31. The van der Waals surface area contributed by atoms with Gasteiger partial charge in [0.25, 0.3) is 5.56 Å². The van der Waals surface area contributed by atoms with Gasteiger partial charge < -0.3 is 15.3 Å². The van der Waals surface area contributed by atoms with Gasteiger partial charge in [-0.1, -0.05) is 23.9 Å². The minimum absolute atomic E-state index is 0.106. The molecule has 2 N–H and O–H groups in total. The van der Waals surface area contributed by atoms with E-state index in [1.165, 1.54) is 40.7 Å². The van der Waals surface area contributed by atoms with Gasteiger partial charge in [-0.2, -0.15) is 0 Å². The van der Waals surface area contributed by atoms with Crippen molar-refractivity contribution in [1.82, 2.24) is 14.8 Å². The van der Waals surface area contributed by atoms with Gasteiger partial charge in [-0.3, -0.25) is 14.2 Å². The summed E-state index contributed by atoms with van der Waals surface area (Å²) in [6, 6.07) is 8.67. The lowest BCUT2D eigenvalue weighted by molar-refractivity contribution is -0.108. The van der Waals surface area contributed by atoms with E-state index in [-0.39, 0.29) is 17.1 Å². The Morgan fingerprint density at radius 1 is 1.32 bits per heavy atom. The molecule has 1 aliphatic heterocycles. The van der Waals surface area contributed by atoms with Crippen LogP contribution in [-0.2, 0) is 11.3 Å². The number of amides is 1. The van der Waals surface area contributed by atoms with Crippen LogP contribution in [0.25, 0.3) is 0 Å². The molecule has 3 rings (SSSR count). The zero-order valence-electron chi connectivity index (χ0n) is 13.3. The van der Waals surface area contributed by atoms with Crippen molar-refractivity contribution in [3.63, 3.8) is 0 Å². The number of carbonyl (C=O) groups excluding carboxylic acids is 1. The molecule has 130 valence electrons. The SMILES string of the molecule is CC1=C(NC=O)SC(n2ccc(O)cc2=O)N1Cc1ccc(F)cc1. The molecule has 1 amide bonds. The van der Waals surface area contributed by atoms with E-state index in [1.807, 2.05) is 11.8 Å². The van der Waals surface area contributed by atoms with E-state index >= 15 is 0 Å². The molecule has 1 aliphatic rings. The van der Waals surface area contributed by atoms with Crippen LogP contribution in [0.2, 0.25) is 0 Å². The number of nitrogens with zero attached hydrogens (tertiary/aromatic N) is 2. The molecule has 1 aromatic heterocycles. The first-order valence-corrected chi connectivity index (χ1v) is 8.37. The molecule has 25 heavy (non-hydrogen) atoms. The zero-order chi connectivity index (χ0) is 18.0. The van der Waals surface area contributed by atoms with Crippen molar-refractivity contribution < 1.29 is 14.3 Å².